The van der Waals surface area contributed by atoms with Gasteiger partial charge in [0.1, 0.15) is 0 Å². The molecule has 0 heterocycles. The Balaban J connectivity index is 4.35. The van der Waals surface area contributed by atoms with Crippen LogP contribution in [0.2, 0.25) is 0 Å². The second-order valence-corrected chi connectivity index (χ2v) is 4.65. The van der Waals surface area contributed by atoms with Gasteiger partial charge in [0.25, 0.3) is 0 Å². The molecule has 0 aromatic rings. The lowest BCUT2D eigenvalue weighted by molar-refractivity contribution is -0.127. The number of ether oxygens (including phenoxy) is 1. The molecule has 0 bridgehead atoms. The van der Waals surface area contributed by atoms with E-state index in [1.807, 2.05) is 13.8 Å². The van der Waals surface area contributed by atoms with E-state index in [0.29, 0.717) is 12.5 Å². The molecule has 0 aliphatic carbocycles. The molecule has 15 heavy (non-hydrogen) atoms. The summed E-state index contributed by atoms with van der Waals surface area (Å²) in [5.74, 6) is 0.363. The third kappa shape index (κ3) is 4.62. The first-order valence-electron chi connectivity index (χ1n) is 5.34. The van der Waals surface area contributed by atoms with Crippen molar-refractivity contribution in [3.05, 3.63) is 0 Å². The Labute approximate surface area is 92.8 Å². The molecule has 0 spiro atoms. The maximum absolute atomic E-state index is 11.9. The van der Waals surface area contributed by atoms with Crippen LogP contribution < -0.4 is 10.6 Å². The SMILES string of the molecule is CNC(C)(C)C(=O)NC(COC)C(C)C. The molecule has 0 aromatic carbocycles. The number of hydrogen-bond donors (Lipinski definition) is 2. The Bertz CT molecular complexity index is 203. The fourth-order valence-corrected chi connectivity index (χ4v) is 1.04. The number of carbonyl (C=O) groups excluding carboxylic acids is 1. The number of nitrogens with one attached hydrogen (secondary N) is 2. The normalized spacial score (nSPS) is 14.1. The summed E-state index contributed by atoms with van der Waals surface area (Å²) in [6.45, 7) is 8.38. The molecule has 4 nitrogen and oxygen atoms in total. The van der Waals surface area contributed by atoms with E-state index in [-0.39, 0.29) is 11.9 Å². The van der Waals surface area contributed by atoms with Gasteiger partial charge in [-0.05, 0) is 26.8 Å². The van der Waals surface area contributed by atoms with Gasteiger partial charge in [-0.1, -0.05) is 13.8 Å². The molecule has 4 heteroatoms. The van der Waals surface area contributed by atoms with Crippen molar-refractivity contribution in [2.45, 2.75) is 39.3 Å². The van der Waals surface area contributed by atoms with Crippen molar-refractivity contribution in [3.8, 4) is 0 Å². The summed E-state index contributed by atoms with van der Waals surface area (Å²) < 4.78 is 5.08. The van der Waals surface area contributed by atoms with E-state index in [2.05, 4.69) is 24.5 Å². The lowest BCUT2D eigenvalue weighted by Crippen LogP contribution is -2.55. The third-order valence-electron chi connectivity index (χ3n) is 2.66. The number of amides is 1. The first kappa shape index (κ1) is 14.4. The predicted octanol–water partition coefficient (Wildman–Crippen LogP) is 0.772. The highest BCUT2D eigenvalue weighted by Gasteiger charge is 2.28. The van der Waals surface area contributed by atoms with Crippen molar-refractivity contribution in [2.75, 3.05) is 20.8 Å². The van der Waals surface area contributed by atoms with E-state index in [9.17, 15) is 4.79 Å². The summed E-state index contributed by atoms with van der Waals surface area (Å²) in [5, 5.41) is 5.96. The number of likely N-dealkylation sites (N-methyl/N-ethyl adjacent to an activating group) is 1. The quantitative estimate of drug-likeness (QED) is 0.689. The van der Waals surface area contributed by atoms with Crippen molar-refractivity contribution in [2.24, 2.45) is 5.92 Å². The summed E-state index contributed by atoms with van der Waals surface area (Å²) in [5.41, 5.74) is -0.541. The van der Waals surface area contributed by atoms with Crippen LogP contribution >= 0.6 is 0 Å². The van der Waals surface area contributed by atoms with Crippen LogP contribution in [0, 0.1) is 5.92 Å². The van der Waals surface area contributed by atoms with Gasteiger partial charge < -0.3 is 15.4 Å². The first-order chi connectivity index (χ1) is 6.85. The first-order valence-corrected chi connectivity index (χ1v) is 5.34. The fraction of sp³-hybridized carbons (Fsp3) is 0.909. The van der Waals surface area contributed by atoms with Crippen LogP contribution in [0.1, 0.15) is 27.7 Å². The zero-order chi connectivity index (χ0) is 12.1. The van der Waals surface area contributed by atoms with Gasteiger partial charge in [0.05, 0.1) is 18.2 Å². The van der Waals surface area contributed by atoms with Crippen molar-refractivity contribution >= 4 is 5.91 Å². The monoisotopic (exact) mass is 216 g/mol. The molecule has 2 N–H and O–H groups in total. The minimum absolute atomic E-state index is 0.000694. The molecule has 0 aliphatic rings. The summed E-state index contributed by atoms with van der Waals surface area (Å²) >= 11 is 0. The van der Waals surface area contributed by atoms with Gasteiger partial charge in [0.2, 0.25) is 5.91 Å². The Hall–Kier alpha value is -0.610. The molecular formula is C11H24N2O2. The van der Waals surface area contributed by atoms with Crippen LogP contribution in [0.25, 0.3) is 0 Å². The van der Waals surface area contributed by atoms with Crippen LogP contribution in [0.3, 0.4) is 0 Å². The summed E-state index contributed by atoms with van der Waals surface area (Å²) in [6.07, 6.45) is 0. The fourth-order valence-electron chi connectivity index (χ4n) is 1.04. The molecule has 90 valence electrons. The summed E-state index contributed by atoms with van der Waals surface area (Å²) in [6, 6.07) is 0.0649. The van der Waals surface area contributed by atoms with Crippen LogP contribution in [0.4, 0.5) is 0 Å². The van der Waals surface area contributed by atoms with E-state index >= 15 is 0 Å². The van der Waals surface area contributed by atoms with Crippen LogP contribution in [0.5, 0.6) is 0 Å². The maximum atomic E-state index is 11.9. The van der Waals surface area contributed by atoms with Crippen molar-refractivity contribution in [3.63, 3.8) is 0 Å². The number of hydrogen-bond acceptors (Lipinski definition) is 3. The topological polar surface area (TPSA) is 50.4 Å². The minimum Gasteiger partial charge on any atom is -0.383 e. The van der Waals surface area contributed by atoms with Gasteiger partial charge in [-0.15, -0.1) is 0 Å². The van der Waals surface area contributed by atoms with Crippen LogP contribution in [-0.4, -0.2) is 38.3 Å². The zero-order valence-electron chi connectivity index (χ0n) is 10.7. The highest BCUT2D eigenvalue weighted by Crippen LogP contribution is 2.06. The summed E-state index contributed by atoms with van der Waals surface area (Å²) in [7, 11) is 3.42. The van der Waals surface area contributed by atoms with E-state index in [0.717, 1.165) is 0 Å². The molecular weight excluding hydrogens is 192 g/mol. The van der Waals surface area contributed by atoms with Crippen molar-refractivity contribution in [1.29, 1.82) is 0 Å². The Morgan fingerprint density at radius 3 is 2.27 bits per heavy atom. The Morgan fingerprint density at radius 2 is 1.93 bits per heavy atom. The second kappa shape index (κ2) is 6.08. The highest BCUT2D eigenvalue weighted by atomic mass is 16.5. The van der Waals surface area contributed by atoms with Gasteiger partial charge in [-0.2, -0.15) is 0 Å². The number of rotatable bonds is 6. The molecule has 0 aliphatic heterocycles. The predicted molar refractivity (Wildman–Crippen MR) is 61.8 cm³/mol. The highest BCUT2D eigenvalue weighted by molar-refractivity contribution is 5.85. The molecule has 0 radical (unpaired) electrons. The maximum Gasteiger partial charge on any atom is 0.240 e. The molecule has 0 saturated heterocycles. The number of methoxy groups -OCH3 is 1. The van der Waals surface area contributed by atoms with E-state index < -0.39 is 5.54 Å². The van der Waals surface area contributed by atoms with E-state index in [1.165, 1.54) is 0 Å². The largest absolute Gasteiger partial charge is 0.383 e. The van der Waals surface area contributed by atoms with Gasteiger partial charge in [0, 0.05) is 7.11 Å². The third-order valence-corrected chi connectivity index (χ3v) is 2.66. The van der Waals surface area contributed by atoms with Crippen LogP contribution in [0.15, 0.2) is 0 Å². The van der Waals surface area contributed by atoms with Crippen molar-refractivity contribution in [1.82, 2.24) is 10.6 Å². The Kier molecular flexibility index (Phi) is 5.83. The molecule has 0 saturated carbocycles. The molecule has 1 amide bonds. The lowest BCUT2D eigenvalue weighted by atomic mass is 10.0. The molecule has 0 aromatic heterocycles. The average molecular weight is 216 g/mol. The lowest BCUT2D eigenvalue weighted by Gasteiger charge is -2.28. The number of carbonyl (C=O) groups is 1. The van der Waals surface area contributed by atoms with Gasteiger partial charge >= 0.3 is 0 Å². The standard InChI is InChI=1S/C11H24N2O2/c1-8(2)9(7-15-6)13-10(14)11(3,4)12-5/h8-9,12H,7H2,1-6H3,(H,13,14). The molecule has 0 rings (SSSR count). The molecule has 0 fully saturated rings. The van der Waals surface area contributed by atoms with Gasteiger partial charge in [-0.3, -0.25) is 4.79 Å². The van der Waals surface area contributed by atoms with E-state index in [1.54, 1.807) is 14.2 Å². The zero-order valence-corrected chi connectivity index (χ0v) is 10.7. The van der Waals surface area contributed by atoms with Gasteiger partial charge in [0.15, 0.2) is 0 Å². The van der Waals surface area contributed by atoms with Crippen molar-refractivity contribution < 1.29 is 9.53 Å². The molecule has 1 atom stereocenters. The molecule has 1 unspecified atom stereocenters. The Morgan fingerprint density at radius 1 is 1.40 bits per heavy atom. The van der Waals surface area contributed by atoms with Gasteiger partial charge in [-0.25, -0.2) is 0 Å². The smallest absolute Gasteiger partial charge is 0.240 e. The second-order valence-electron chi connectivity index (χ2n) is 4.65. The summed E-state index contributed by atoms with van der Waals surface area (Å²) in [4.78, 5) is 11.9. The minimum atomic E-state index is -0.541. The van der Waals surface area contributed by atoms with E-state index in [4.69, 9.17) is 4.74 Å². The average Bonchev–Trinajstić information content (AvgIpc) is 2.16. The van der Waals surface area contributed by atoms with Crippen LogP contribution in [-0.2, 0) is 9.53 Å².